The van der Waals surface area contributed by atoms with Gasteiger partial charge in [-0.25, -0.2) is 8.42 Å². The molecule has 2 saturated heterocycles. The van der Waals surface area contributed by atoms with Crippen molar-refractivity contribution in [3.8, 4) is 0 Å². The molecule has 7 nitrogen and oxygen atoms in total. The molecule has 3 heterocycles. The Morgan fingerprint density at radius 3 is 2.70 bits per heavy atom. The van der Waals surface area contributed by atoms with E-state index in [1.165, 1.54) is 28.8 Å². The number of hydrogen-bond donors (Lipinski definition) is 0. The number of fused-ring (bicyclic) bond motifs is 1. The Morgan fingerprint density at radius 2 is 2.00 bits per heavy atom. The van der Waals surface area contributed by atoms with E-state index in [2.05, 4.69) is 9.72 Å². The highest BCUT2D eigenvalue weighted by atomic mass is 32.2. The van der Waals surface area contributed by atoms with Crippen molar-refractivity contribution in [3.63, 3.8) is 0 Å². The van der Waals surface area contributed by atoms with Gasteiger partial charge in [0.1, 0.15) is 4.90 Å². The number of piperidine rings is 1. The van der Waals surface area contributed by atoms with Crippen LogP contribution in [0.2, 0.25) is 0 Å². The maximum Gasteiger partial charge on any atom is 0.318 e. The molecule has 0 amide bonds. The van der Waals surface area contributed by atoms with Crippen LogP contribution in [0.3, 0.4) is 0 Å². The first kappa shape index (κ1) is 13.2. The van der Waals surface area contributed by atoms with Gasteiger partial charge in [-0.15, -0.1) is 0 Å². The summed E-state index contributed by atoms with van der Waals surface area (Å²) in [5.41, 5.74) is 0. The quantitative estimate of drug-likeness (QED) is 0.554. The van der Waals surface area contributed by atoms with Crippen molar-refractivity contribution in [3.05, 3.63) is 24.5 Å². The molecule has 2 fully saturated rings. The molecule has 2 unspecified atom stereocenters. The van der Waals surface area contributed by atoms with Crippen molar-refractivity contribution in [1.82, 2.24) is 9.29 Å². The molecule has 2 aliphatic rings. The van der Waals surface area contributed by atoms with E-state index in [1.807, 2.05) is 0 Å². The van der Waals surface area contributed by atoms with Gasteiger partial charge >= 0.3 is 11.9 Å². The Hall–Kier alpha value is -1.80. The van der Waals surface area contributed by atoms with Crippen LogP contribution in [0.5, 0.6) is 0 Å². The lowest BCUT2D eigenvalue weighted by molar-refractivity contribution is -0.153. The summed E-state index contributed by atoms with van der Waals surface area (Å²) in [6.45, 7) is 0.174. The van der Waals surface area contributed by atoms with E-state index in [0.29, 0.717) is 6.42 Å². The molecule has 0 bridgehead atoms. The predicted molar refractivity (Wildman–Crippen MR) is 65.7 cm³/mol. The van der Waals surface area contributed by atoms with Crippen molar-refractivity contribution in [2.75, 3.05) is 13.1 Å². The van der Waals surface area contributed by atoms with Crippen LogP contribution in [0.15, 0.2) is 29.4 Å². The fourth-order valence-electron chi connectivity index (χ4n) is 2.56. The Bertz CT molecular complexity index is 658. The molecule has 20 heavy (non-hydrogen) atoms. The first-order chi connectivity index (χ1) is 9.50. The highest BCUT2D eigenvalue weighted by Crippen LogP contribution is 2.33. The zero-order valence-electron chi connectivity index (χ0n) is 10.4. The number of cyclic esters (lactones) is 2. The second-order valence-corrected chi connectivity index (χ2v) is 6.73. The molecule has 0 N–H and O–H groups in total. The number of nitrogens with zero attached hydrogens (tertiary/aromatic N) is 2. The number of pyridine rings is 1. The minimum absolute atomic E-state index is 0.0214. The normalized spacial score (nSPS) is 27.2. The van der Waals surface area contributed by atoms with Gasteiger partial charge in [0, 0.05) is 25.5 Å². The summed E-state index contributed by atoms with van der Waals surface area (Å²) >= 11 is 0. The van der Waals surface area contributed by atoms with E-state index >= 15 is 0 Å². The molecular formula is C12H12N2O5S. The number of ether oxygens (including phenoxy) is 1. The third kappa shape index (κ3) is 2.01. The van der Waals surface area contributed by atoms with Gasteiger partial charge in [0.25, 0.3) is 0 Å². The van der Waals surface area contributed by atoms with Crippen LogP contribution < -0.4 is 0 Å². The molecule has 0 spiro atoms. The van der Waals surface area contributed by atoms with E-state index in [1.54, 1.807) is 0 Å². The summed E-state index contributed by atoms with van der Waals surface area (Å²) in [4.78, 5) is 26.8. The van der Waals surface area contributed by atoms with Gasteiger partial charge in [-0.2, -0.15) is 4.31 Å². The molecule has 3 rings (SSSR count). The van der Waals surface area contributed by atoms with Gasteiger partial charge in [-0.05, 0) is 18.6 Å². The van der Waals surface area contributed by atoms with Gasteiger partial charge < -0.3 is 4.74 Å². The van der Waals surface area contributed by atoms with Crippen molar-refractivity contribution in [2.45, 2.75) is 11.3 Å². The molecule has 0 saturated carbocycles. The lowest BCUT2D eigenvalue weighted by Crippen LogP contribution is -2.44. The second kappa shape index (κ2) is 4.64. The first-order valence-corrected chi connectivity index (χ1v) is 7.60. The zero-order valence-corrected chi connectivity index (χ0v) is 11.2. The summed E-state index contributed by atoms with van der Waals surface area (Å²) in [5.74, 6) is -2.38. The second-order valence-electron chi connectivity index (χ2n) is 4.79. The molecule has 0 aliphatic carbocycles. The van der Waals surface area contributed by atoms with Crippen molar-refractivity contribution in [2.24, 2.45) is 11.8 Å². The number of aromatic nitrogens is 1. The Balaban J connectivity index is 1.87. The number of sulfonamides is 1. The summed E-state index contributed by atoms with van der Waals surface area (Å²) in [6.07, 6.45) is 3.05. The number of esters is 2. The van der Waals surface area contributed by atoms with Crippen LogP contribution >= 0.6 is 0 Å². The standard InChI is InChI=1S/C12H12N2O5S/c15-11-9-3-5-14(7-10(9)12(16)19-11)20(17,18)8-2-1-4-13-6-8/h1-2,4,6,9-10H,3,5,7H2. The number of rotatable bonds is 2. The van der Waals surface area contributed by atoms with E-state index in [-0.39, 0.29) is 18.0 Å². The number of carbonyl (C=O) groups is 2. The van der Waals surface area contributed by atoms with E-state index in [0.717, 1.165) is 0 Å². The molecule has 1 aromatic heterocycles. The van der Waals surface area contributed by atoms with Gasteiger partial charge in [-0.1, -0.05) is 0 Å². The van der Waals surface area contributed by atoms with Crippen LogP contribution in [0.25, 0.3) is 0 Å². The maximum atomic E-state index is 12.4. The van der Waals surface area contributed by atoms with Crippen LogP contribution in [-0.2, 0) is 24.3 Å². The Kier molecular flexibility index (Phi) is 3.06. The van der Waals surface area contributed by atoms with Crippen LogP contribution in [-0.4, -0.2) is 42.7 Å². The zero-order chi connectivity index (χ0) is 14.3. The average Bonchev–Trinajstić information content (AvgIpc) is 2.75. The molecule has 1 aromatic rings. The number of carbonyl (C=O) groups excluding carboxylic acids is 2. The fourth-order valence-corrected chi connectivity index (χ4v) is 4.01. The smallest absolute Gasteiger partial charge is 0.318 e. The SMILES string of the molecule is O=C1OC(=O)C2CN(S(=O)(=O)c3cccnc3)CCC12. The van der Waals surface area contributed by atoms with Crippen LogP contribution in [0.4, 0.5) is 0 Å². The van der Waals surface area contributed by atoms with E-state index in [4.69, 9.17) is 0 Å². The van der Waals surface area contributed by atoms with Crippen molar-refractivity contribution >= 4 is 22.0 Å². The molecule has 0 aromatic carbocycles. The number of hydrogen-bond acceptors (Lipinski definition) is 6. The molecular weight excluding hydrogens is 284 g/mol. The molecule has 106 valence electrons. The molecule has 8 heteroatoms. The summed E-state index contributed by atoms with van der Waals surface area (Å²) in [5, 5.41) is 0. The largest absolute Gasteiger partial charge is 0.393 e. The summed E-state index contributed by atoms with van der Waals surface area (Å²) < 4.78 is 30.6. The van der Waals surface area contributed by atoms with E-state index in [9.17, 15) is 18.0 Å². The third-order valence-corrected chi connectivity index (χ3v) is 5.50. The Morgan fingerprint density at radius 1 is 1.25 bits per heavy atom. The van der Waals surface area contributed by atoms with Gasteiger partial charge in [0.15, 0.2) is 0 Å². The minimum Gasteiger partial charge on any atom is -0.393 e. The predicted octanol–water partition coefficient (Wildman–Crippen LogP) is -0.208. The van der Waals surface area contributed by atoms with Crippen molar-refractivity contribution < 1.29 is 22.7 Å². The lowest BCUT2D eigenvalue weighted by atomic mass is 9.89. The molecule has 2 aliphatic heterocycles. The summed E-state index contributed by atoms with van der Waals surface area (Å²) in [6, 6.07) is 2.99. The highest BCUT2D eigenvalue weighted by molar-refractivity contribution is 7.89. The third-order valence-electron chi connectivity index (χ3n) is 3.65. The van der Waals surface area contributed by atoms with Gasteiger partial charge in [-0.3, -0.25) is 14.6 Å². The molecule has 0 radical (unpaired) electrons. The maximum absolute atomic E-state index is 12.4. The minimum atomic E-state index is -3.69. The first-order valence-electron chi connectivity index (χ1n) is 6.16. The lowest BCUT2D eigenvalue weighted by Gasteiger charge is -2.30. The summed E-state index contributed by atoms with van der Waals surface area (Å²) in [7, 11) is -3.69. The van der Waals surface area contributed by atoms with Crippen LogP contribution in [0, 0.1) is 11.8 Å². The average molecular weight is 296 g/mol. The fraction of sp³-hybridized carbons (Fsp3) is 0.417. The van der Waals surface area contributed by atoms with E-state index < -0.39 is 33.8 Å². The highest BCUT2D eigenvalue weighted by Gasteiger charge is 2.49. The van der Waals surface area contributed by atoms with Crippen LogP contribution in [0.1, 0.15) is 6.42 Å². The topological polar surface area (TPSA) is 93.6 Å². The Labute approximate surface area is 115 Å². The monoisotopic (exact) mass is 296 g/mol. The van der Waals surface area contributed by atoms with Gasteiger partial charge in [0.2, 0.25) is 10.0 Å². The van der Waals surface area contributed by atoms with Gasteiger partial charge in [0.05, 0.1) is 11.8 Å². The van der Waals surface area contributed by atoms with Crippen molar-refractivity contribution in [1.29, 1.82) is 0 Å². The molecule has 2 atom stereocenters.